The van der Waals surface area contributed by atoms with Crippen molar-refractivity contribution in [3.8, 4) is 0 Å². The van der Waals surface area contributed by atoms with E-state index in [1.165, 1.54) is 6.42 Å². The zero-order valence-corrected chi connectivity index (χ0v) is 56.7. The molecule has 0 aliphatic heterocycles. The maximum atomic E-state index is 11.9. The molecule has 542 valence electrons. The quantitative estimate of drug-likeness (QED) is 0.0550. The van der Waals surface area contributed by atoms with Gasteiger partial charge >= 0.3 is 42.6 Å². The highest BCUT2D eigenvalue weighted by atomic mass is 19.4. The third-order valence-electron chi connectivity index (χ3n) is 14.8. The molecular formula is C63H120F7N5O16. The largest absolute Gasteiger partial charge is 0.471 e. The molecule has 0 spiro atoms. The first-order valence-corrected chi connectivity index (χ1v) is 31.0. The van der Waals surface area contributed by atoms with Crippen LogP contribution in [-0.2, 0) is 28.5 Å². The van der Waals surface area contributed by atoms with Crippen LogP contribution in [0.15, 0.2) is 0 Å². The van der Waals surface area contributed by atoms with Gasteiger partial charge in [-0.15, -0.1) is 0 Å². The van der Waals surface area contributed by atoms with E-state index in [4.69, 9.17) is 45.5 Å². The predicted octanol–water partition coefficient (Wildman–Crippen LogP) is 11.0. The van der Waals surface area contributed by atoms with Crippen LogP contribution in [-0.4, -0.2) is 178 Å². The van der Waals surface area contributed by atoms with Gasteiger partial charge in [0.05, 0.1) is 20.7 Å². The molecule has 0 aromatic carbocycles. The van der Waals surface area contributed by atoms with Crippen molar-refractivity contribution in [2.75, 3.05) is 33.6 Å². The number of carbonyl (C=O) groups excluding carboxylic acids is 6. The number of aliphatic hydroxyl groups excluding tert-OH is 6. The van der Waals surface area contributed by atoms with E-state index < -0.39 is 72.3 Å². The van der Waals surface area contributed by atoms with Crippen LogP contribution in [0.1, 0.15) is 210 Å². The molecule has 5 amide bonds. The lowest BCUT2D eigenvalue weighted by Gasteiger charge is -2.21. The van der Waals surface area contributed by atoms with Crippen LogP contribution in [0.5, 0.6) is 0 Å². The zero-order chi connectivity index (χ0) is 71.6. The van der Waals surface area contributed by atoms with Crippen LogP contribution in [0.25, 0.3) is 0 Å². The molecule has 28 heteroatoms. The summed E-state index contributed by atoms with van der Waals surface area (Å²) in [6.07, 6.45) is -3.28. The minimum absolute atomic E-state index is 0. The molecule has 21 nitrogen and oxygen atoms in total. The van der Waals surface area contributed by atoms with Crippen molar-refractivity contribution in [3.63, 3.8) is 0 Å². The highest BCUT2D eigenvalue weighted by Crippen LogP contribution is 2.35. The molecule has 0 aromatic heterocycles. The Morgan fingerprint density at radius 1 is 0.451 bits per heavy atom. The predicted molar refractivity (Wildman–Crippen MR) is 334 cm³/mol. The fourth-order valence-corrected chi connectivity index (χ4v) is 10.7. The van der Waals surface area contributed by atoms with E-state index in [2.05, 4.69) is 49.0 Å². The van der Waals surface area contributed by atoms with E-state index in [1.54, 1.807) is 27.7 Å². The highest BCUT2D eigenvalue weighted by molar-refractivity contribution is 5.82. The number of carbonyl (C=O) groups is 6. The molecule has 0 aromatic rings. The van der Waals surface area contributed by atoms with Crippen molar-refractivity contribution in [1.82, 2.24) is 26.6 Å². The molecule has 5 rings (SSSR count). The Hall–Kier alpha value is -4.51. The summed E-state index contributed by atoms with van der Waals surface area (Å²) in [5, 5.41) is 67.1. The molecule has 5 aliphatic carbocycles. The number of hydrogen-bond donors (Lipinski definition) is 11. The summed E-state index contributed by atoms with van der Waals surface area (Å²) in [7, 11) is -1.00. The average Bonchev–Trinajstić information content (AvgIpc) is 2.01. The summed E-state index contributed by atoms with van der Waals surface area (Å²) in [5.41, 5.74) is -1.84. The van der Waals surface area contributed by atoms with E-state index in [9.17, 15) is 64.9 Å². The third-order valence-corrected chi connectivity index (χ3v) is 14.8. The molecule has 0 unspecified atom stereocenters. The summed E-state index contributed by atoms with van der Waals surface area (Å²) in [6.45, 7) is 34.7. The number of nitrogens with one attached hydrogen (secondary N) is 5. The second-order valence-corrected chi connectivity index (χ2v) is 27.6. The fourth-order valence-electron chi connectivity index (χ4n) is 10.7. The molecule has 15 atom stereocenters. The number of alkyl carbamates (subject to hydrolysis) is 4. The normalized spacial score (nSPS) is 27.6. The molecule has 5 aliphatic rings. The van der Waals surface area contributed by atoms with Gasteiger partial charge in [-0.3, -0.25) is 14.0 Å². The lowest BCUT2D eigenvalue weighted by atomic mass is 9.96. The van der Waals surface area contributed by atoms with Crippen LogP contribution >= 0.6 is 0 Å². The van der Waals surface area contributed by atoms with Crippen LogP contribution in [0, 0.1) is 47.3 Å². The van der Waals surface area contributed by atoms with E-state index >= 15 is 0 Å². The second kappa shape index (κ2) is 44.2. The van der Waals surface area contributed by atoms with Gasteiger partial charge in [0.15, 0.2) is 0 Å². The van der Waals surface area contributed by atoms with E-state index in [-0.39, 0.29) is 94.1 Å². The Morgan fingerprint density at radius 2 is 0.670 bits per heavy atom. The summed E-state index contributed by atoms with van der Waals surface area (Å²) >= 11 is 0. The summed E-state index contributed by atoms with van der Waals surface area (Å²) in [6, 6.07) is -0.0834. The Balaban J connectivity index is -0.000000502. The number of amides is 5. The van der Waals surface area contributed by atoms with E-state index in [0.29, 0.717) is 61.8 Å². The van der Waals surface area contributed by atoms with Crippen molar-refractivity contribution in [2.45, 2.75) is 286 Å². The van der Waals surface area contributed by atoms with Gasteiger partial charge in [0.1, 0.15) is 22.4 Å². The first kappa shape index (κ1) is 90.7. The van der Waals surface area contributed by atoms with Crippen molar-refractivity contribution in [3.05, 3.63) is 0 Å². The average molecular weight is 1340 g/mol. The maximum Gasteiger partial charge on any atom is 0.471 e. The number of halogens is 7. The van der Waals surface area contributed by atoms with Crippen LogP contribution in [0.3, 0.4) is 0 Å². The van der Waals surface area contributed by atoms with E-state index in [0.717, 1.165) is 44.4 Å². The van der Waals surface area contributed by atoms with Crippen molar-refractivity contribution < 1.29 is 110 Å². The molecule has 0 saturated heterocycles. The second-order valence-electron chi connectivity index (χ2n) is 27.6. The smallest absolute Gasteiger partial charge is 0.444 e. The maximum absolute atomic E-state index is 11.9. The Labute approximate surface area is 539 Å². The van der Waals surface area contributed by atoms with Gasteiger partial charge in [-0.25, -0.2) is 19.2 Å². The monoisotopic (exact) mass is 1340 g/mol. The number of ether oxygens (including phenoxy) is 4. The van der Waals surface area contributed by atoms with Gasteiger partial charge in [-0.05, 0) is 196 Å². The Kier molecular flexibility index (Phi) is 44.1. The first-order valence-electron chi connectivity index (χ1n) is 31.7. The molecule has 5 saturated carbocycles. The van der Waals surface area contributed by atoms with E-state index in [1.807, 2.05) is 74.6 Å². The van der Waals surface area contributed by atoms with Crippen LogP contribution in [0.2, 0.25) is 0 Å². The van der Waals surface area contributed by atoms with Gasteiger partial charge < -0.3 is 76.2 Å². The molecule has 0 heterocycles. The highest BCUT2D eigenvalue weighted by Gasteiger charge is 2.42. The molecule has 11 N–H and O–H groups in total. The topological polar surface area (TPSA) is 321 Å². The van der Waals surface area contributed by atoms with Crippen LogP contribution in [0.4, 0.5) is 49.9 Å². The standard InChI is InChI=1S/C13H25NO2.2C12H23NO3.C11H21NO4.C9H14F3NO2.C2HF3O.C2H6O.CH3F.CH4/c1-6-10-8-11(7-9(10)2)14-12(15)16-13(3,4)5;1-8-5-10(6-9(8)7-14)13-11(15)16-12(2,3)4;1-5-8-6-9(7-10(8)14)13-11(15)16-12(2,3)4;1-11(2,3)16-10(15)12-8-4-7(6-13)9(14)5-8;1-5-2-7(3-6(5)4-14)13-8(15)9(10,11)12;3-2(4,5)1-6;1-2-3;1-2;/h9-11H,6-8H2,1-5H3,(H,14,15);2*8-10,14H,5-7H2,1-4H3,(H,13,15);7-9,13-14H,4-6H2,1-3H3,(H,12,15);5-7,14H,2-4H2,1H3,(H,13,15);1H;3H,2H2,1H3;1H3;1H4/t9-,10-,11-;2*8-,9+,10-;7-,8-,9+;5-,6+,7-;;;;/m00010..../s1/i;;;;;;;1D;. The fraction of sp³-hybridized carbons (Fsp3) is 0.905. The van der Waals surface area contributed by atoms with Crippen molar-refractivity contribution >= 4 is 36.6 Å². The SMILES string of the molecule is C.CC(C)(C)OC(=O)N[C@@H]1C[C@H](CO)[C@@H](O)C1.CCO.CC[C@H]1C[C@@H](NC(=O)OC(C)(C)C)C[C@@H]1C.CC[C@H]1C[C@@H](NC(=O)OC(C)(C)C)C[C@@H]1O.C[C@H]1C[C@H](NC(=O)C(F)(F)F)C[C@@H]1CO.C[C@H]1C[C@H](NC(=O)OC(C)(C)C)C[C@@H]1CO.O=CC(F)(F)F.[2H]CF. The number of aldehydes is 1. The van der Waals surface area contributed by atoms with Crippen molar-refractivity contribution in [1.29, 1.82) is 0 Å². The van der Waals surface area contributed by atoms with Gasteiger partial charge in [-0.1, -0.05) is 54.9 Å². The minimum Gasteiger partial charge on any atom is -0.444 e. The molecule has 91 heavy (non-hydrogen) atoms. The number of rotatable bonds is 10. The minimum atomic E-state index is -4.82. The molecule has 5 fully saturated rings. The Bertz CT molecular complexity index is 1840. The Morgan fingerprint density at radius 3 is 0.868 bits per heavy atom. The number of hydrogen-bond acceptors (Lipinski definition) is 16. The summed E-state index contributed by atoms with van der Waals surface area (Å²) in [4.78, 5) is 65.4. The third kappa shape index (κ3) is 45.5. The lowest BCUT2D eigenvalue weighted by molar-refractivity contribution is -0.174. The lowest BCUT2D eigenvalue weighted by Crippen LogP contribution is -2.42. The van der Waals surface area contributed by atoms with Crippen molar-refractivity contribution in [2.24, 2.45) is 47.3 Å². The molecule has 0 radical (unpaired) electrons. The molecule has 0 bridgehead atoms. The van der Waals surface area contributed by atoms with Crippen LogP contribution < -0.4 is 26.6 Å². The summed E-state index contributed by atoms with van der Waals surface area (Å²) in [5.74, 6) is 0.643. The molecular weight excluding hydrogens is 1220 g/mol. The zero-order valence-electron chi connectivity index (χ0n) is 57.7. The van der Waals surface area contributed by atoms with Gasteiger partial charge in [0, 0.05) is 62.6 Å². The first-order chi connectivity index (χ1) is 41.5. The summed E-state index contributed by atoms with van der Waals surface area (Å²) < 4.78 is 103. The number of aliphatic hydroxyl groups is 6. The van der Waals surface area contributed by atoms with Gasteiger partial charge in [0.2, 0.25) is 6.29 Å². The number of alkyl halides is 7. The van der Waals surface area contributed by atoms with Gasteiger partial charge in [0.25, 0.3) is 0 Å². The van der Waals surface area contributed by atoms with Gasteiger partial charge in [-0.2, -0.15) is 26.3 Å².